The van der Waals surface area contributed by atoms with Crippen molar-refractivity contribution in [3.05, 3.63) is 52.8 Å². The molecule has 0 unspecified atom stereocenters. The Morgan fingerprint density at radius 1 is 1.09 bits per heavy atom. The van der Waals surface area contributed by atoms with Crippen LogP contribution in [0.1, 0.15) is 67.7 Å². The van der Waals surface area contributed by atoms with E-state index in [1.165, 1.54) is 70.0 Å². The van der Waals surface area contributed by atoms with Crippen LogP contribution in [0, 0.1) is 19.8 Å². The van der Waals surface area contributed by atoms with Crippen LogP contribution in [0.25, 0.3) is 33.1 Å². The highest BCUT2D eigenvalue weighted by atomic mass is 16.5. The smallest absolute Gasteiger partial charge is 0.257 e. The summed E-state index contributed by atoms with van der Waals surface area (Å²) in [5.41, 5.74) is 10.0. The number of aryl methyl sites for hydroxylation is 2. The molecule has 0 amide bonds. The maximum atomic E-state index is 6.89. The molecule has 0 saturated heterocycles. The van der Waals surface area contributed by atoms with Gasteiger partial charge in [0.1, 0.15) is 12.8 Å². The number of fused-ring (bicyclic) bond motifs is 3. The van der Waals surface area contributed by atoms with Crippen LogP contribution in [0.2, 0.25) is 0 Å². The zero-order valence-corrected chi connectivity index (χ0v) is 19.8. The molecule has 2 aromatic heterocycles. The highest BCUT2D eigenvalue weighted by molar-refractivity contribution is 6.06. The third-order valence-corrected chi connectivity index (χ3v) is 7.68. The molecule has 3 heterocycles. The van der Waals surface area contributed by atoms with Crippen LogP contribution in [-0.4, -0.2) is 0 Å². The number of ether oxygens (including phenoxy) is 1. The van der Waals surface area contributed by atoms with Gasteiger partial charge < -0.3 is 9.15 Å². The highest BCUT2D eigenvalue weighted by Gasteiger charge is 2.38. The fraction of sp³-hybridized carbons (Fsp3) is 0.414. The Morgan fingerprint density at radius 2 is 1.88 bits per heavy atom. The molecule has 1 fully saturated rings. The van der Waals surface area contributed by atoms with Crippen molar-refractivity contribution >= 4 is 21.9 Å². The normalized spacial score (nSPS) is 15.7. The predicted octanol–water partition coefficient (Wildman–Crippen LogP) is 7.66. The van der Waals surface area contributed by atoms with Crippen molar-refractivity contribution in [1.29, 1.82) is 0 Å². The minimum Gasteiger partial charge on any atom is -0.457 e. The van der Waals surface area contributed by atoms with Crippen LogP contribution >= 0.6 is 0 Å². The molecule has 0 spiro atoms. The second kappa shape index (κ2) is 7.10. The minimum atomic E-state index is 0.500. The second-order valence-corrected chi connectivity index (χ2v) is 10.4. The lowest BCUT2D eigenvalue weighted by atomic mass is 9.86. The minimum absolute atomic E-state index is 0.500. The van der Waals surface area contributed by atoms with Crippen molar-refractivity contribution in [3.63, 3.8) is 0 Å². The van der Waals surface area contributed by atoms with Gasteiger partial charge in [0.05, 0.1) is 17.4 Å². The summed E-state index contributed by atoms with van der Waals surface area (Å²) in [5.74, 6) is 3.13. The number of pyridine rings is 1. The first kappa shape index (κ1) is 19.8. The number of benzene rings is 2. The third-order valence-electron chi connectivity index (χ3n) is 7.68. The van der Waals surface area contributed by atoms with Crippen molar-refractivity contribution in [2.24, 2.45) is 13.0 Å². The molecule has 0 atom stereocenters. The molecule has 2 aliphatic rings. The summed E-state index contributed by atoms with van der Waals surface area (Å²) in [4.78, 5) is 0. The van der Waals surface area contributed by atoms with Gasteiger partial charge in [0, 0.05) is 11.5 Å². The Kier molecular flexibility index (Phi) is 4.40. The molecule has 3 heteroatoms. The van der Waals surface area contributed by atoms with Crippen molar-refractivity contribution in [2.75, 3.05) is 0 Å². The zero-order chi connectivity index (χ0) is 22.1. The molecule has 164 valence electrons. The Hall–Kier alpha value is -2.81. The fourth-order valence-electron chi connectivity index (χ4n) is 6.12. The van der Waals surface area contributed by atoms with Crippen LogP contribution in [0.4, 0.5) is 0 Å². The van der Waals surface area contributed by atoms with E-state index in [9.17, 15) is 0 Å². The van der Waals surface area contributed by atoms with Gasteiger partial charge in [0.25, 0.3) is 11.2 Å². The lowest BCUT2D eigenvalue weighted by molar-refractivity contribution is -0.634. The summed E-state index contributed by atoms with van der Waals surface area (Å²) >= 11 is 0. The predicted molar refractivity (Wildman–Crippen MR) is 130 cm³/mol. The Balaban J connectivity index is 1.74. The van der Waals surface area contributed by atoms with E-state index in [-0.39, 0.29) is 0 Å². The number of aromatic nitrogens is 1. The van der Waals surface area contributed by atoms with Gasteiger partial charge in [-0.15, -0.1) is 0 Å². The van der Waals surface area contributed by atoms with E-state index >= 15 is 0 Å². The first-order valence-corrected chi connectivity index (χ1v) is 12.1. The van der Waals surface area contributed by atoms with Crippen LogP contribution in [0.3, 0.4) is 0 Å². The highest BCUT2D eigenvalue weighted by Crippen LogP contribution is 2.53. The van der Waals surface area contributed by atoms with Crippen LogP contribution in [0.15, 0.2) is 34.9 Å². The summed E-state index contributed by atoms with van der Waals surface area (Å²) in [6, 6.07) is 9.10. The molecule has 0 radical (unpaired) electrons. The molecule has 0 N–H and O–H groups in total. The molecule has 1 saturated carbocycles. The number of nitrogens with zero attached hydrogens (tertiary/aromatic N) is 1. The maximum Gasteiger partial charge on any atom is 0.257 e. The van der Waals surface area contributed by atoms with Gasteiger partial charge in [-0.05, 0) is 73.1 Å². The molecule has 4 aromatic rings. The van der Waals surface area contributed by atoms with E-state index in [1.807, 2.05) is 6.26 Å². The summed E-state index contributed by atoms with van der Waals surface area (Å²) in [7, 11) is 2.16. The fourth-order valence-corrected chi connectivity index (χ4v) is 6.12. The molecule has 3 nitrogen and oxygen atoms in total. The number of hydrogen-bond acceptors (Lipinski definition) is 2. The van der Waals surface area contributed by atoms with Gasteiger partial charge >= 0.3 is 0 Å². The molecule has 1 aliphatic carbocycles. The standard InChI is InChI=1S/C29H32NO2/c1-16(2)12-19-14-21-13-17(3)18(4)24-25(21)23(15-19)32-29-26(20-8-6-7-9-20)28-22(10-11-31-28)30(5)27(24)29/h10-11,13-16,20H,6-9,12H2,1-5H3/q+1. The topological polar surface area (TPSA) is 26.2 Å². The number of rotatable bonds is 3. The van der Waals surface area contributed by atoms with Gasteiger partial charge in [-0.1, -0.05) is 38.8 Å². The van der Waals surface area contributed by atoms with E-state index < -0.39 is 0 Å². The largest absolute Gasteiger partial charge is 0.457 e. The lowest BCUT2D eigenvalue weighted by Crippen LogP contribution is -2.34. The van der Waals surface area contributed by atoms with Gasteiger partial charge in [-0.3, -0.25) is 0 Å². The van der Waals surface area contributed by atoms with E-state index in [1.54, 1.807) is 0 Å². The molecule has 0 bridgehead atoms. The van der Waals surface area contributed by atoms with Crippen LogP contribution in [-0.2, 0) is 13.5 Å². The molecule has 1 aliphatic heterocycles. The molecular formula is C29H32NO2+. The van der Waals surface area contributed by atoms with Gasteiger partial charge in [-0.25, -0.2) is 0 Å². The van der Waals surface area contributed by atoms with Crippen LogP contribution in [0.5, 0.6) is 11.5 Å². The van der Waals surface area contributed by atoms with Crippen molar-refractivity contribution in [3.8, 4) is 22.8 Å². The number of hydrogen-bond donors (Lipinski definition) is 0. The molecule has 6 rings (SSSR count). The van der Waals surface area contributed by atoms with E-state index in [4.69, 9.17) is 9.15 Å². The van der Waals surface area contributed by atoms with E-state index in [0.29, 0.717) is 11.8 Å². The maximum absolute atomic E-state index is 6.89. The average Bonchev–Trinajstić information content (AvgIpc) is 3.43. The lowest BCUT2D eigenvalue weighted by Gasteiger charge is -2.26. The van der Waals surface area contributed by atoms with Gasteiger partial charge in [0.15, 0.2) is 0 Å². The van der Waals surface area contributed by atoms with Gasteiger partial charge in [0.2, 0.25) is 11.3 Å². The molecule has 32 heavy (non-hydrogen) atoms. The Morgan fingerprint density at radius 3 is 2.62 bits per heavy atom. The van der Waals surface area contributed by atoms with E-state index in [0.717, 1.165) is 29.0 Å². The third kappa shape index (κ3) is 2.76. The Labute approximate surface area is 190 Å². The summed E-state index contributed by atoms with van der Waals surface area (Å²) in [5, 5.41) is 2.54. The van der Waals surface area contributed by atoms with E-state index in [2.05, 4.69) is 63.6 Å². The summed E-state index contributed by atoms with van der Waals surface area (Å²) < 4.78 is 15.3. The quantitative estimate of drug-likeness (QED) is 0.277. The monoisotopic (exact) mass is 426 g/mol. The Bertz CT molecular complexity index is 1390. The second-order valence-electron chi connectivity index (χ2n) is 10.4. The molecule has 2 aromatic carbocycles. The van der Waals surface area contributed by atoms with Crippen molar-refractivity contribution in [1.82, 2.24) is 0 Å². The molecular weight excluding hydrogens is 394 g/mol. The van der Waals surface area contributed by atoms with Gasteiger partial charge in [-0.2, -0.15) is 4.57 Å². The average molecular weight is 427 g/mol. The van der Waals surface area contributed by atoms with Crippen LogP contribution < -0.4 is 9.30 Å². The first-order valence-electron chi connectivity index (χ1n) is 12.1. The zero-order valence-electron chi connectivity index (χ0n) is 19.8. The number of furan rings is 1. The van der Waals surface area contributed by atoms with Crippen molar-refractivity contribution < 1.29 is 13.7 Å². The summed E-state index contributed by atoms with van der Waals surface area (Å²) in [6.45, 7) is 9.07. The first-order chi connectivity index (χ1) is 15.4. The van der Waals surface area contributed by atoms with Crippen molar-refractivity contribution in [2.45, 2.75) is 65.7 Å². The summed E-state index contributed by atoms with van der Waals surface area (Å²) in [6.07, 6.45) is 7.88. The SMILES string of the molecule is Cc1cc2cc(CC(C)C)cc3c2c(c1C)-c1c(c(C2CCCC2)c2occc2[n+]1C)O3.